The van der Waals surface area contributed by atoms with Crippen molar-refractivity contribution in [3.05, 3.63) is 12.4 Å². The summed E-state index contributed by atoms with van der Waals surface area (Å²) in [6, 6.07) is -1.32. The average molecular weight is 283 g/mol. The molecular weight excluding hydrogens is 262 g/mol. The lowest BCUT2D eigenvalue weighted by atomic mass is 10.0. The Hall–Kier alpha value is -2.12. The zero-order chi connectivity index (χ0) is 15.0. The first-order valence-electron chi connectivity index (χ1n) is 6.60. The Balaban J connectivity index is 2.22. The number of nitrogens with zero attached hydrogens (tertiary/aromatic N) is 3. The topological polar surface area (TPSA) is 109 Å². The van der Waals surface area contributed by atoms with E-state index in [1.165, 1.54) is 0 Å². The molecule has 0 aliphatic heterocycles. The Morgan fingerprint density at radius 2 is 2.15 bits per heavy atom. The summed E-state index contributed by atoms with van der Waals surface area (Å²) < 4.78 is 1.67. The molecule has 0 saturated heterocycles. The average Bonchev–Trinajstić information content (AvgIpc) is 2.86. The predicted molar refractivity (Wildman–Crippen MR) is 72.1 cm³/mol. The van der Waals surface area contributed by atoms with Gasteiger partial charge in [0.2, 0.25) is 0 Å². The second-order valence-electron chi connectivity index (χ2n) is 4.94. The van der Waals surface area contributed by atoms with Crippen molar-refractivity contribution in [3.8, 4) is 0 Å². The van der Waals surface area contributed by atoms with Crippen molar-refractivity contribution in [2.45, 2.75) is 39.3 Å². The Bertz CT molecular complexity index is 419. The molecule has 20 heavy (non-hydrogen) atoms. The van der Waals surface area contributed by atoms with Gasteiger partial charge in [0.15, 0.2) is 0 Å². The van der Waals surface area contributed by atoms with Gasteiger partial charge >= 0.3 is 12.0 Å². The van der Waals surface area contributed by atoms with Crippen LogP contribution in [0.1, 0.15) is 26.7 Å². The van der Waals surface area contributed by atoms with E-state index >= 15 is 0 Å². The monoisotopic (exact) mass is 283 g/mol. The molecule has 0 fully saturated rings. The number of amides is 2. The molecule has 0 aliphatic rings. The first-order valence-corrected chi connectivity index (χ1v) is 6.60. The molecular formula is C12H21N5O3. The van der Waals surface area contributed by atoms with E-state index in [-0.39, 0.29) is 5.92 Å². The molecule has 0 aromatic carbocycles. The number of carbonyl (C=O) groups is 2. The van der Waals surface area contributed by atoms with Crippen LogP contribution >= 0.6 is 0 Å². The number of carboxylic acids is 1. The van der Waals surface area contributed by atoms with Crippen molar-refractivity contribution >= 4 is 12.0 Å². The zero-order valence-corrected chi connectivity index (χ0v) is 11.7. The number of hydrogen-bond donors (Lipinski definition) is 3. The fourth-order valence-electron chi connectivity index (χ4n) is 1.70. The highest BCUT2D eigenvalue weighted by Gasteiger charge is 2.20. The van der Waals surface area contributed by atoms with Crippen LogP contribution in [-0.4, -0.2) is 44.7 Å². The van der Waals surface area contributed by atoms with Crippen molar-refractivity contribution in [2.24, 2.45) is 5.92 Å². The Kier molecular flexibility index (Phi) is 6.48. The van der Waals surface area contributed by atoms with Gasteiger partial charge in [-0.25, -0.2) is 9.59 Å². The SMILES string of the molecule is CC(C)C[C@@H](NC(=O)NCCCn1ccnn1)C(=O)O. The van der Waals surface area contributed by atoms with Gasteiger partial charge in [-0.05, 0) is 18.8 Å². The number of aryl methyl sites for hydroxylation is 1. The molecule has 0 spiro atoms. The molecule has 0 aliphatic carbocycles. The number of rotatable bonds is 8. The van der Waals surface area contributed by atoms with Gasteiger partial charge in [-0.2, -0.15) is 0 Å². The van der Waals surface area contributed by atoms with Gasteiger partial charge in [-0.1, -0.05) is 19.1 Å². The molecule has 8 heteroatoms. The van der Waals surface area contributed by atoms with E-state index in [4.69, 9.17) is 5.11 Å². The first-order chi connectivity index (χ1) is 9.49. The van der Waals surface area contributed by atoms with Gasteiger partial charge in [0.25, 0.3) is 0 Å². The fourth-order valence-corrected chi connectivity index (χ4v) is 1.70. The number of aliphatic carboxylic acids is 1. The summed E-state index contributed by atoms with van der Waals surface area (Å²) in [6.45, 7) is 4.91. The number of carbonyl (C=O) groups excluding carboxylic acids is 1. The van der Waals surface area contributed by atoms with Gasteiger partial charge in [0, 0.05) is 19.3 Å². The van der Waals surface area contributed by atoms with E-state index in [0.717, 1.165) is 0 Å². The largest absolute Gasteiger partial charge is 0.480 e. The van der Waals surface area contributed by atoms with Crippen LogP contribution in [0.5, 0.6) is 0 Å². The molecule has 8 nitrogen and oxygen atoms in total. The third-order valence-electron chi connectivity index (χ3n) is 2.63. The summed E-state index contributed by atoms with van der Waals surface area (Å²) >= 11 is 0. The van der Waals surface area contributed by atoms with Crippen molar-refractivity contribution in [3.63, 3.8) is 0 Å². The molecule has 0 bridgehead atoms. The number of nitrogens with one attached hydrogen (secondary N) is 2. The van der Waals surface area contributed by atoms with Crippen LogP contribution in [0.25, 0.3) is 0 Å². The van der Waals surface area contributed by atoms with Crippen molar-refractivity contribution in [1.29, 1.82) is 0 Å². The van der Waals surface area contributed by atoms with Crippen LogP contribution in [-0.2, 0) is 11.3 Å². The van der Waals surface area contributed by atoms with Gasteiger partial charge in [0.1, 0.15) is 6.04 Å². The predicted octanol–water partition coefficient (Wildman–Crippen LogP) is 0.467. The summed E-state index contributed by atoms with van der Waals surface area (Å²) in [5, 5.41) is 21.6. The summed E-state index contributed by atoms with van der Waals surface area (Å²) in [5.41, 5.74) is 0. The minimum absolute atomic E-state index is 0.198. The molecule has 1 aromatic rings. The lowest BCUT2D eigenvalue weighted by molar-refractivity contribution is -0.139. The maximum Gasteiger partial charge on any atom is 0.326 e. The lowest BCUT2D eigenvalue weighted by Crippen LogP contribution is -2.46. The molecule has 0 saturated carbocycles. The normalized spacial score (nSPS) is 12.2. The number of hydrogen-bond acceptors (Lipinski definition) is 4. The summed E-state index contributed by atoms with van der Waals surface area (Å²) in [5.74, 6) is -0.819. The minimum atomic E-state index is -1.02. The first kappa shape index (κ1) is 15.9. The van der Waals surface area contributed by atoms with E-state index < -0.39 is 18.0 Å². The minimum Gasteiger partial charge on any atom is -0.480 e. The molecule has 1 rings (SSSR count). The van der Waals surface area contributed by atoms with Crippen LogP contribution in [0.4, 0.5) is 4.79 Å². The molecule has 3 N–H and O–H groups in total. The van der Waals surface area contributed by atoms with Crippen LogP contribution in [0.2, 0.25) is 0 Å². The number of aromatic nitrogens is 3. The number of urea groups is 1. The van der Waals surface area contributed by atoms with Crippen LogP contribution in [0, 0.1) is 5.92 Å². The highest BCUT2D eigenvalue weighted by atomic mass is 16.4. The zero-order valence-electron chi connectivity index (χ0n) is 11.7. The van der Waals surface area contributed by atoms with Crippen LogP contribution < -0.4 is 10.6 Å². The quantitative estimate of drug-likeness (QED) is 0.601. The van der Waals surface area contributed by atoms with E-state index in [2.05, 4.69) is 20.9 Å². The van der Waals surface area contributed by atoms with E-state index in [0.29, 0.717) is 25.9 Å². The van der Waals surface area contributed by atoms with Gasteiger partial charge in [-0.15, -0.1) is 5.10 Å². The Labute approximate surface area is 117 Å². The smallest absolute Gasteiger partial charge is 0.326 e. The van der Waals surface area contributed by atoms with Crippen LogP contribution in [0.15, 0.2) is 12.4 Å². The third kappa shape index (κ3) is 6.17. The molecule has 2 amide bonds. The summed E-state index contributed by atoms with van der Waals surface area (Å²) in [6.07, 6.45) is 4.42. The van der Waals surface area contributed by atoms with E-state index in [1.54, 1.807) is 17.1 Å². The molecule has 1 heterocycles. The number of carboxylic acid groups (broad SMARTS) is 1. The van der Waals surface area contributed by atoms with Crippen molar-refractivity contribution in [1.82, 2.24) is 25.6 Å². The Morgan fingerprint density at radius 3 is 2.70 bits per heavy atom. The lowest BCUT2D eigenvalue weighted by Gasteiger charge is -2.16. The molecule has 112 valence electrons. The van der Waals surface area contributed by atoms with Gasteiger partial charge in [-0.3, -0.25) is 4.68 Å². The highest BCUT2D eigenvalue weighted by molar-refractivity contribution is 5.82. The fraction of sp³-hybridized carbons (Fsp3) is 0.667. The third-order valence-corrected chi connectivity index (χ3v) is 2.63. The summed E-state index contributed by atoms with van der Waals surface area (Å²) in [4.78, 5) is 22.6. The van der Waals surface area contributed by atoms with Crippen molar-refractivity contribution in [2.75, 3.05) is 6.54 Å². The van der Waals surface area contributed by atoms with E-state index in [1.807, 2.05) is 13.8 Å². The second kappa shape index (κ2) is 8.13. The molecule has 1 aromatic heterocycles. The van der Waals surface area contributed by atoms with Gasteiger partial charge in [0.05, 0.1) is 6.20 Å². The molecule has 0 unspecified atom stereocenters. The summed E-state index contributed by atoms with van der Waals surface area (Å²) in [7, 11) is 0. The van der Waals surface area contributed by atoms with E-state index in [9.17, 15) is 9.59 Å². The maximum absolute atomic E-state index is 11.6. The second-order valence-corrected chi connectivity index (χ2v) is 4.94. The Morgan fingerprint density at radius 1 is 1.40 bits per heavy atom. The maximum atomic E-state index is 11.6. The molecule has 0 radical (unpaired) electrons. The van der Waals surface area contributed by atoms with Gasteiger partial charge < -0.3 is 15.7 Å². The van der Waals surface area contributed by atoms with Crippen molar-refractivity contribution < 1.29 is 14.7 Å². The molecule has 1 atom stereocenters. The highest BCUT2D eigenvalue weighted by Crippen LogP contribution is 2.04. The van der Waals surface area contributed by atoms with Crippen LogP contribution in [0.3, 0.4) is 0 Å². The standard InChI is InChI=1S/C12H21N5O3/c1-9(2)8-10(11(18)19)15-12(20)13-4-3-6-17-7-5-14-16-17/h5,7,9-10H,3-4,6,8H2,1-2H3,(H,18,19)(H2,13,15,20)/t10-/m1/s1.